The van der Waals surface area contributed by atoms with E-state index in [0.717, 1.165) is 18.4 Å². The Morgan fingerprint density at radius 2 is 1.96 bits per heavy atom. The Labute approximate surface area is 134 Å². The minimum atomic E-state index is -0.354. The van der Waals surface area contributed by atoms with Crippen LogP contribution in [0.25, 0.3) is 0 Å². The van der Waals surface area contributed by atoms with Gasteiger partial charge in [-0.25, -0.2) is 0 Å². The monoisotopic (exact) mass is 313 g/mol. The number of nitrogens with two attached hydrogens (primary N) is 1. The summed E-state index contributed by atoms with van der Waals surface area (Å²) in [6.45, 7) is 0.675. The molecule has 1 saturated carbocycles. The maximum Gasteiger partial charge on any atom is 0.227 e. The van der Waals surface area contributed by atoms with Crippen LogP contribution in [0, 0.1) is 5.41 Å². The molecule has 1 aliphatic carbocycles. The number of rotatable bonds is 7. The van der Waals surface area contributed by atoms with Gasteiger partial charge >= 0.3 is 0 Å². The van der Waals surface area contributed by atoms with E-state index in [0.29, 0.717) is 6.54 Å². The Morgan fingerprint density at radius 1 is 1.22 bits per heavy atom. The molecule has 23 heavy (non-hydrogen) atoms. The maximum absolute atomic E-state index is 12.5. The molecule has 1 fully saturated rings. The van der Waals surface area contributed by atoms with E-state index in [1.54, 1.807) is 0 Å². The molecule has 0 saturated heterocycles. The lowest BCUT2D eigenvalue weighted by atomic mass is 9.98. The summed E-state index contributed by atoms with van der Waals surface area (Å²) < 4.78 is 10.9. The first-order valence-electron chi connectivity index (χ1n) is 7.65. The number of hydrogen-bond donors (Lipinski definition) is 1. The number of carbonyl (C=O) groups excluding carboxylic acids is 1. The highest BCUT2D eigenvalue weighted by atomic mass is 16.5. The minimum absolute atomic E-state index is 0.00634. The Morgan fingerprint density at radius 3 is 2.61 bits per heavy atom. The Kier molecular flexibility index (Phi) is 4.30. The van der Waals surface area contributed by atoms with Gasteiger partial charge in [0.15, 0.2) is 0 Å². The van der Waals surface area contributed by atoms with E-state index in [-0.39, 0.29) is 41.2 Å². The van der Waals surface area contributed by atoms with Crippen LogP contribution in [0.15, 0.2) is 51.9 Å². The lowest BCUT2D eigenvalue weighted by molar-refractivity contribution is 0.0918. The highest BCUT2D eigenvalue weighted by molar-refractivity contribution is 5.96. The predicted molar refractivity (Wildman–Crippen MR) is 85.4 cm³/mol. The summed E-state index contributed by atoms with van der Waals surface area (Å²) in [5.41, 5.74) is 6.16. The Bertz CT molecular complexity index is 747. The van der Waals surface area contributed by atoms with Crippen LogP contribution in [-0.2, 0) is 6.61 Å². The quantitative estimate of drug-likeness (QED) is 0.794. The van der Waals surface area contributed by atoms with E-state index in [4.69, 9.17) is 14.9 Å². The summed E-state index contributed by atoms with van der Waals surface area (Å²) in [6.07, 6.45) is 3.39. The first kappa shape index (κ1) is 15.5. The van der Waals surface area contributed by atoms with Gasteiger partial charge in [0, 0.05) is 12.5 Å². The molecule has 120 valence electrons. The lowest BCUT2D eigenvalue weighted by Gasteiger charge is -2.12. The van der Waals surface area contributed by atoms with E-state index in [1.807, 2.05) is 30.3 Å². The molecule has 1 aliphatic rings. The van der Waals surface area contributed by atoms with Crippen molar-refractivity contribution in [2.24, 2.45) is 11.1 Å². The summed E-state index contributed by atoms with van der Waals surface area (Å²) >= 11 is 0. The molecule has 2 aromatic rings. The van der Waals surface area contributed by atoms with Gasteiger partial charge in [-0.05, 0) is 30.4 Å². The van der Waals surface area contributed by atoms with E-state index in [9.17, 15) is 9.59 Å². The minimum Gasteiger partial charge on any atom is -0.481 e. The molecule has 0 amide bonds. The number of Topliss-reactive ketones (excluding diaryl/α,β-unsaturated/α-hetero) is 1. The van der Waals surface area contributed by atoms with Gasteiger partial charge in [-0.1, -0.05) is 30.3 Å². The molecule has 3 rings (SSSR count). The van der Waals surface area contributed by atoms with Crippen molar-refractivity contribution in [3.05, 3.63) is 64.2 Å². The average Bonchev–Trinajstić information content (AvgIpc) is 3.34. The van der Waals surface area contributed by atoms with Crippen molar-refractivity contribution in [2.75, 3.05) is 6.54 Å². The number of ether oxygens (including phenoxy) is 1. The van der Waals surface area contributed by atoms with Gasteiger partial charge in [-0.15, -0.1) is 0 Å². The molecule has 1 heterocycles. The fraction of sp³-hybridized carbons (Fsp3) is 0.333. The molecule has 5 heteroatoms. The second kappa shape index (κ2) is 6.38. The molecule has 0 radical (unpaired) electrons. The predicted octanol–water partition coefficient (Wildman–Crippen LogP) is 2.53. The van der Waals surface area contributed by atoms with Gasteiger partial charge in [0.2, 0.25) is 22.7 Å². The van der Waals surface area contributed by atoms with E-state index >= 15 is 0 Å². The van der Waals surface area contributed by atoms with Gasteiger partial charge in [0.1, 0.15) is 6.61 Å². The summed E-state index contributed by atoms with van der Waals surface area (Å²) in [5.74, 6) is -0.254. The normalized spacial score (nSPS) is 15.2. The van der Waals surface area contributed by atoms with Crippen molar-refractivity contribution in [1.82, 2.24) is 0 Å². The standard InChI is InChI=1S/C18H19NO4/c19-12-18(7-8-18)10-15(21)17-16(14(20)6-9-22-17)23-11-13-4-2-1-3-5-13/h1-6,9H,7-8,10-12,19H2. The molecular weight excluding hydrogens is 294 g/mol. The zero-order valence-corrected chi connectivity index (χ0v) is 12.8. The molecule has 0 spiro atoms. The number of hydrogen-bond acceptors (Lipinski definition) is 5. The Balaban J connectivity index is 1.79. The second-order valence-corrected chi connectivity index (χ2v) is 6.02. The summed E-state index contributed by atoms with van der Waals surface area (Å²) in [4.78, 5) is 24.5. The summed E-state index contributed by atoms with van der Waals surface area (Å²) in [7, 11) is 0. The van der Waals surface area contributed by atoms with Crippen LogP contribution < -0.4 is 15.9 Å². The molecule has 0 aliphatic heterocycles. The Hall–Kier alpha value is -2.40. The van der Waals surface area contributed by atoms with Crippen LogP contribution in [0.1, 0.15) is 35.4 Å². The van der Waals surface area contributed by atoms with E-state index in [2.05, 4.69) is 0 Å². The summed E-state index contributed by atoms with van der Waals surface area (Å²) in [5, 5.41) is 0. The molecule has 0 bridgehead atoms. The third kappa shape index (κ3) is 3.51. The second-order valence-electron chi connectivity index (χ2n) is 6.02. The molecular formula is C18H19NO4. The van der Waals surface area contributed by atoms with Crippen LogP contribution in [0.5, 0.6) is 5.75 Å². The zero-order valence-electron chi connectivity index (χ0n) is 12.8. The molecule has 2 N–H and O–H groups in total. The largest absolute Gasteiger partial charge is 0.481 e. The number of benzene rings is 1. The molecule has 1 aromatic heterocycles. The smallest absolute Gasteiger partial charge is 0.227 e. The van der Waals surface area contributed by atoms with Gasteiger partial charge < -0.3 is 14.9 Å². The average molecular weight is 313 g/mol. The number of ketones is 1. The van der Waals surface area contributed by atoms with Crippen molar-refractivity contribution in [1.29, 1.82) is 0 Å². The highest BCUT2D eigenvalue weighted by Gasteiger charge is 2.43. The van der Waals surface area contributed by atoms with Crippen LogP contribution >= 0.6 is 0 Å². The van der Waals surface area contributed by atoms with Gasteiger partial charge in [0.05, 0.1) is 6.26 Å². The topological polar surface area (TPSA) is 82.5 Å². The number of carbonyl (C=O) groups is 1. The van der Waals surface area contributed by atoms with Crippen LogP contribution in [0.3, 0.4) is 0 Å². The van der Waals surface area contributed by atoms with Crippen LogP contribution in [0.4, 0.5) is 0 Å². The SMILES string of the molecule is NCC1(CC(=O)c2occc(=O)c2OCc2ccccc2)CC1. The van der Waals surface area contributed by atoms with Crippen LogP contribution in [-0.4, -0.2) is 12.3 Å². The van der Waals surface area contributed by atoms with Crippen LogP contribution in [0.2, 0.25) is 0 Å². The molecule has 1 aromatic carbocycles. The van der Waals surface area contributed by atoms with Crippen molar-refractivity contribution in [3.63, 3.8) is 0 Å². The van der Waals surface area contributed by atoms with Gasteiger partial charge in [-0.2, -0.15) is 0 Å². The summed E-state index contributed by atoms with van der Waals surface area (Å²) in [6, 6.07) is 10.7. The van der Waals surface area contributed by atoms with Crippen molar-refractivity contribution < 1.29 is 13.9 Å². The van der Waals surface area contributed by atoms with Crippen molar-refractivity contribution in [3.8, 4) is 5.75 Å². The zero-order chi connectivity index (χ0) is 16.3. The third-order valence-electron chi connectivity index (χ3n) is 4.24. The molecule has 5 nitrogen and oxygen atoms in total. The molecule has 0 unspecified atom stereocenters. The fourth-order valence-electron chi connectivity index (χ4n) is 2.51. The van der Waals surface area contributed by atoms with Crippen molar-refractivity contribution >= 4 is 5.78 Å². The molecule has 0 atom stereocenters. The van der Waals surface area contributed by atoms with Crippen molar-refractivity contribution in [2.45, 2.75) is 25.9 Å². The van der Waals surface area contributed by atoms with Gasteiger partial charge in [0.25, 0.3) is 0 Å². The lowest BCUT2D eigenvalue weighted by Crippen LogP contribution is -2.21. The first-order valence-corrected chi connectivity index (χ1v) is 7.65. The van der Waals surface area contributed by atoms with Gasteiger partial charge in [-0.3, -0.25) is 9.59 Å². The maximum atomic E-state index is 12.5. The fourth-order valence-corrected chi connectivity index (χ4v) is 2.51. The third-order valence-corrected chi connectivity index (χ3v) is 4.24. The van der Waals surface area contributed by atoms with E-state index in [1.165, 1.54) is 12.3 Å². The van der Waals surface area contributed by atoms with E-state index < -0.39 is 0 Å². The first-order chi connectivity index (χ1) is 11.1. The highest BCUT2D eigenvalue weighted by Crippen LogP contribution is 2.48.